The second-order valence-electron chi connectivity index (χ2n) is 7.21. The summed E-state index contributed by atoms with van der Waals surface area (Å²) in [4.78, 5) is 17.3. The molecule has 2 aromatic carbocycles. The number of pyridine rings is 1. The molecule has 1 N–H and O–H groups in total. The summed E-state index contributed by atoms with van der Waals surface area (Å²) in [6.45, 7) is -5.88. The zero-order valence-corrected chi connectivity index (χ0v) is 17.5. The maximum Gasteiger partial charge on any atom is 0.407 e. The molecule has 1 atom stereocenters. The number of anilines is 2. The van der Waals surface area contributed by atoms with Crippen molar-refractivity contribution in [3.8, 4) is 11.5 Å². The summed E-state index contributed by atoms with van der Waals surface area (Å²) in [6, 6.07) is 14.5. The Hall–Kier alpha value is -4.02. The van der Waals surface area contributed by atoms with Crippen molar-refractivity contribution in [3.05, 3.63) is 78.1 Å². The number of halogens is 4. The monoisotopic (exact) mass is 479 g/mol. The zero-order chi connectivity index (χ0) is 24.1. The average molecular weight is 479 g/mol. The molecule has 1 amide bonds. The second kappa shape index (κ2) is 10.3. The van der Waals surface area contributed by atoms with E-state index in [2.05, 4.69) is 19.8 Å². The average Bonchev–Trinajstić information content (AvgIpc) is 3.25. The summed E-state index contributed by atoms with van der Waals surface area (Å²) in [7, 11) is 0. The van der Waals surface area contributed by atoms with E-state index in [0.717, 1.165) is 11.6 Å². The number of nitrogens with one attached hydrogen (secondary N) is 1. The number of alkyl carbamates (subject to hydrolysis) is 1. The summed E-state index contributed by atoms with van der Waals surface area (Å²) >= 11 is 0. The number of benzene rings is 2. The van der Waals surface area contributed by atoms with Crippen molar-refractivity contribution in [2.75, 3.05) is 11.4 Å². The van der Waals surface area contributed by atoms with Gasteiger partial charge in [-0.2, -0.15) is 17.6 Å². The molecule has 1 aliphatic heterocycles. The SMILES string of the molecule is O=C1NCC(c2cccc(N(Cc3cccnc3)c3ccc(OC(F)F)c(OC(F)F)c3)c2)O1.[HH]. The smallest absolute Gasteiger partial charge is 0.407 e. The highest BCUT2D eigenvalue weighted by molar-refractivity contribution is 5.71. The van der Waals surface area contributed by atoms with Crippen LogP contribution in [-0.2, 0) is 11.3 Å². The van der Waals surface area contributed by atoms with Crippen LogP contribution in [0.2, 0.25) is 0 Å². The van der Waals surface area contributed by atoms with E-state index < -0.39 is 36.9 Å². The molecule has 7 nitrogen and oxygen atoms in total. The van der Waals surface area contributed by atoms with Crippen molar-refractivity contribution in [3.63, 3.8) is 0 Å². The summed E-state index contributed by atoms with van der Waals surface area (Å²) in [5, 5.41) is 2.59. The molecule has 0 aliphatic carbocycles. The Labute approximate surface area is 193 Å². The van der Waals surface area contributed by atoms with Crippen LogP contribution in [0.15, 0.2) is 67.0 Å². The number of aromatic nitrogens is 1. The number of carbonyl (C=O) groups is 1. The number of nitrogens with zero attached hydrogens (tertiary/aromatic N) is 2. The fraction of sp³-hybridized carbons (Fsp3) is 0.217. The molecule has 0 saturated carbocycles. The lowest BCUT2D eigenvalue weighted by Gasteiger charge is -2.27. The molecule has 1 aliphatic rings. The minimum Gasteiger partial charge on any atom is -0.439 e. The van der Waals surface area contributed by atoms with Crippen LogP contribution in [0, 0.1) is 0 Å². The lowest BCUT2D eigenvalue weighted by Crippen LogP contribution is -2.18. The van der Waals surface area contributed by atoms with E-state index in [0.29, 0.717) is 23.5 Å². The number of hydrogen-bond donors (Lipinski definition) is 1. The van der Waals surface area contributed by atoms with Crippen molar-refractivity contribution in [2.24, 2.45) is 0 Å². The first kappa shape index (κ1) is 23.1. The van der Waals surface area contributed by atoms with Gasteiger partial charge >= 0.3 is 19.3 Å². The van der Waals surface area contributed by atoms with Crippen molar-refractivity contribution in [2.45, 2.75) is 25.9 Å². The normalized spacial score (nSPS) is 15.2. The maximum atomic E-state index is 13.0. The lowest BCUT2D eigenvalue weighted by molar-refractivity contribution is -0.0692. The van der Waals surface area contributed by atoms with Crippen LogP contribution >= 0.6 is 0 Å². The van der Waals surface area contributed by atoms with Gasteiger partial charge in [0.15, 0.2) is 11.5 Å². The number of rotatable bonds is 9. The fourth-order valence-corrected chi connectivity index (χ4v) is 3.52. The van der Waals surface area contributed by atoms with Crippen LogP contribution < -0.4 is 19.7 Å². The molecule has 1 fully saturated rings. The molecule has 3 aromatic rings. The molecule has 1 saturated heterocycles. The van der Waals surface area contributed by atoms with Crippen molar-refractivity contribution >= 4 is 17.5 Å². The minimum atomic E-state index is -3.24. The van der Waals surface area contributed by atoms with E-state index in [-0.39, 0.29) is 7.97 Å². The topological polar surface area (TPSA) is 72.9 Å². The third-order valence-electron chi connectivity index (χ3n) is 4.97. The minimum absolute atomic E-state index is 0. The lowest BCUT2D eigenvalue weighted by atomic mass is 10.1. The molecule has 0 bridgehead atoms. The van der Waals surface area contributed by atoms with Gasteiger partial charge in [-0.3, -0.25) is 4.98 Å². The Bertz CT molecular complexity index is 1140. The van der Waals surface area contributed by atoms with Crippen molar-refractivity contribution < 1.29 is 38.0 Å². The first-order chi connectivity index (χ1) is 16.4. The molecular formula is C23H21F4N3O4. The van der Waals surface area contributed by atoms with Crippen LogP contribution in [0.5, 0.6) is 11.5 Å². The van der Waals surface area contributed by atoms with Gasteiger partial charge in [-0.25, -0.2) is 4.79 Å². The first-order valence-electron chi connectivity index (χ1n) is 10.1. The van der Waals surface area contributed by atoms with E-state index >= 15 is 0 Å². The van der Waals surface area contributed by atoms with E-state index in [9.17, 15) is 22.4 Å². The third kappa shape index (κ3) is 5.66. The number of hydrogen-bond acceptors (Lipinski definition) is 6. The molecule has 0 radical (unpaired) electrons. The summed E-state index contributed by atoms with van der Waals surface area (Å²) in [5.74, 6) is -1.05. The fourth-order valence-electron chi connectivity index (χ4n) is 3.52. The Morgan fingerprint density at radius 3 is 2.47 bits per heavy atom. The van der Waals surface area contributed by atoms with Crippen LogP contribution in [0.1, 0.15) is 18.7 Å². The van der Waals surface area contributed by atoms with Gasteiger partial charge in [0, 0.05) is 37.8 Å². The molecular weight excluding hydrogens is 458 g/mol. The number of cyclic esters (lactones) is 1. The molecule has 180 valence electrons. The maximum absolute atomic E-state index is 13.0. The van der Waals surface area contributed by atoms with Crippen LogP contribution in [0.3, 0.4) is 0 Å². The molecule has 34 heavy (non-hydrogen) atoms. The highest BCUT2D eigenvalue weighted by atomic mass is 19.3. The second-order valence-corrected chi connectivity index (χ2v) is 7.21. The summed E-state index contributed by atoms with van der Waals surface area (Å²) < 4.78 is 65.4. The molecule has 2 heterocycles. The molecule has 4 rings (SSSR count). The number of alkyl halides is 4. The standard InChI is InChI=1S/C23H19F4N3O4.H2/c24-21(25)32-18-7-6-17(10-19(18)33-22(26)27)30(13-14-3-2-8-28-11-14)16-5-1-4-15(9-16)20-12-29-23(31)34-20;/h1-11,20-22H,12-13H2,(H,29,31);1H. The van der Waals surface area contributed by atoms with Crippen molar-refractivity contribution in [1.29, 1.82) is 0 Å². The Morgan fingerprint density at radius 2 is 1.79 bits per heavy atom. The van der Waals surface area contributed by atoms with Crippen molar-refractivity contribution in [1.82, 2.24) is 10.3 Å². The molecule has 1 aromatic heterocycles. The Morgan fingerprint density at radius 1 is 1.03 bits per heavy atom. The summed E-state index contributed by atoms with van der Waals surface area (Å²) in [5.41, 5.74) is 2.52. The quantitative estimate of drug-likeness (QED) is 0.400. The van der Waals surface area contributed by atoms with Crippen LogP contribution in [0.4, 0.5) is 33.7 Å². The van der Waals surface area contributed by atoms with Gasteiger partial charge in [-0.15, -0.1) is 0 Å². The van der Waals surface area contributed by atoms with E-state index in [4.69, 9.17) is 4.74 Å². The van der Waals surface area contributed by atoms with Gasteiger partial charge in [-0.05, 0) is 41.5 Å². The predicted octanol–water partition coefficient (Wildman–Crippen LogP) is 5.65. The van der Waals surface area contributed by atoms with Gasteiger partial charge in [0.2, 0.25) is 0 Å². The third-order valence-corrected chi connectivity index (χ3v) is 4.97. The number of ether oxygens (including phenoxy) is 3. The van der Waals surface area contributed by atoms with Gasteiger partial charge in [0.05, 0.1) is 6.54 Å². The van der Waals surface area contributed by atoms with E-state index in [1.165, 1.54) is 12.1 Å². The molecule has 0 spiro atoms. The number of amides is 1. The van der Waals surface area contributed by atoms with E-state index in [1.807, 2.05) is 6.07 Å². The Kier molecular flexibility index (Phi) is 7.00. The van der Waals surface area contributed by atoms with Gasteiger partial charge in [-0.1, -0.05) is 18.2 Å². The zero-order valence-electron chi connectivity index (χ0n) is 17.5. The molecule has 11 heteroatoms. The van der Waals surface area contributed by atoms with Gasteiger partial charge in [0.1, 0.15) is 6.10 Å². The molecule has 1 unspecified atom stereocenters. The van der Waals surface area contributed by atoms with E-state index in [1.54, 1.807) is 47.6 Å². The highest BCUT2D eigenvalue weighted by Crippen LogP contribution is 2.38. The Balaban J connectivity index is 0.00000342. The summed E-state index contributed by atoms with van der Waals surface area (Å²) in [6.07, 6.45) is 2.24. The highest BCUT2D eigenvalue weighted by Gasteiger charge is 2.25. The predicted molar refractivity (Wildman–Crippen MR) is 116 cm³/mol. The van der Waals surface area contributed by atoms with Crippen LogP contribution in [0.25, 0.3) is 0 Å². The largest absolute Gasteiger partial charge is 0.439 e. The van der Waals surface area contributed by atoms with Crippen LogP contribution in [-0.4, -0.2) is 30.8 Å². The first-order valence-corrected chi connectivity index (χ1v) is 10.1. The van der Waals surface area contributed by atoms with Gasteiger partial charge in [0.25, 0.3) is 0 Å². The number of carbonyl (C=O) groups excluding carboxylic acids is 1. The van der Waals surface area contributed by atoms with Gasteiger partial charge < -0.3 is 24.4 Å².